The summed E-state index contributed by atoms with van der Waals surface area (Å²) < 4.78 is 13.5. The lowest BCUT2D eigenvalue weighted by molar-refractivity contribution is -0.137. The van der Waals surface area contributed by atoms with Crippen LogP contribution in [0.2, 0.25) is 0 Å². The minimum Gasteiger partial charge on any atom is -0.301 e. The third-order valence-electron chi connectivity index (χ3n) is 2.94. The first-order valence-corrected chi connectivity index (χ1v) is 6.26. The Kier molecular flexibility index (Phi) is 3.77. The third kappa shape index (κ3) is 2.59. The summed E-state index contributed by atoms with van der Waals surface area (Å²) in [7, 11) is 1.47. The maximum atomic E-state index is 12.9. The summed E-state index contributed by atoms with van der Waals surface area (Å²) in [5.74, 6) is -0.730. The highest BCUT2D eigenvalue weighted by Gasteiger charge is 2.35. The quantitative estimate of drug-likeness (QED) is 0.859. The first-order chi connectivity index (χ1) is 8.49. The van der Waals surface area contributed by atoms with E-state index in [2.05, 4.69) is 21.2 Å². The first kappa shape index (κ1) is 13.2. The van der Waals surface area contributed by atoms with E-state index in [-0.39, 0.29) is 24.1 Å². The molecule has 1 aliphatic heterocycles. The Hall–Kier alpha value is -1.27. The van der Waals surface area contributed by atoms with E-state index in [1.807, 2.05) is 0 Å². The second-order valence-electron chi connectivity index (χ2n) is 4.16. The number of amides is 2. The zero-order valence-corrected chi connectivity index (χ0v) is 11.3. The highest BCUT2D eigenvalue weighted by molar-refractivity contribution is 9.10. The lowest BCUT2D eigenvalue weighted by Gasteiger charge is -2.12. The van der Waals surface area contributed by atoms with E-state index >= 15 is 0 Å². The predicted octanol–water partition coefficient (Wildman–Crippen LogP) is 1.44. The fourth-order valence-corrected chi connectivity index (χ4v) is 2.30. The summed E-state index contributed by atoms with van der Waals surface area (Å²) in [6.07, 6.45) is 0.175. The SMILES string of the molecule is CN1C(=O)CC(NCc2ccc(F)cc2Br)C1=O. The van der Waals surface area contributed by atoms with Gasteiger partial charge in [0.25, 0.3) is 0 Å². The number of likely N-dealkylation sites (tertiary alicyclic amines) is 1. The van der Waals surface area contributed by atoms with Crippen LogP contribution in [0.1, 0.15) is 12.0 Å². The molecule has 2 amide bonds. The van der Waals surface area contributed by atoms with E-state index in [4.69, 9.17) is 0 Å². The normalized spacial score (nSPS) is 19.7. The van der Waals surface area contributed by atoms with Crippen LogP contribution in [-0.2, 0) is 16.1 Å². The first-order valence-electron chi connectivity index (χ1n) is 5.46. The predicted molar refractivity (Wildman–Crippen MR) is 67.1 cm³/mol. The molecule has 0 aliphatic carbocycles. The van der Waals surface area contributed by atoms with E-state index in [9.17, 15) is 14.0 Å². The van der Waals surface area contributed by atoms with Gasteiger partial charge in [-0.05, 0) is 17.7 Å². The third-order valence-corrected chi connectivity index (χ3v) is 3.67. The number of carbonyl (C=O) groups excluding carboxylic acids is 2. The molecule has 0 spiro atoms. The van der Waals surface area contributed by atoms with Gasteiger partial charge in [0, 0.05) is 18.1 Å². The smallest absolute Gasteiger partial charge is 0.246 e. The lowest BCUT2D eigenvalue weighted by atomic mass is 10.2. The topological polar surface area (TPSA) is 49.4 Å². The number of nitrogens with zero attached hydrogens (tertiary/aromatic N) is 1. The van der Waals surface area contributed by atoms with Crippen molar-refractivity contribution in [1.82, 2.24) is 10.2 Å². The van der Waals surface area contributed by atoms with Gasteiger partial charge in [-0.25, -0.2) is 4.39 Å². The van der Waals surface area contributed by atoms with Gasteiger partial charge in [0.1, 0.15) is 5.82 Å². The number of likely N-dealkylation sites (N-methyl/N-ethyl adjacent to an activating group) is 1. The van der Waals surface area contributed by atoms with Crippen LogP contribution in [0.15, 0.2) is 22.7 Å². The van der Waals surface area contributed by atoms with Crippen molar-refractivity contribution in [2.24, 2.45) is 0 Å². The molecule has 2 rings (SSSR count). The van der Waals surface area contributed by atoms with Crippen molar-refractivity contribution < 1.29 is 14.0 Å². The molecule has 1 aromatic rings. The lowest BCUT2D eigenvalue weighted by Crippen LogP contribution is -2.36. The average Bonchev–Trinajstić information content (AvgIpc) is 2.56. The number of carbonyl (C=O) groups is 2. The molecule has 1 aliphatic rings. The average molecular weight is 315 g/mol. The molecule has 6 heteroatoms. The molecule has 96 valence electrons. The summed E-state index contributed by atoms with van der Waals surface area (Å²) >= 11 is 3.25. The summed E-state index contributed by atoms with van der Waals surface area (Å²) in [4.78, 5) is 24.1. The number of hydrogen-bond acceptors (Lipinski definition) is 3. The van der Waals surface area contributed by atoms with Crippen LogP contribution < -0.4 is 5.32 Å². The maximum absolute atomic E-state index is 12.9. The standard InChI is InChI=1S/C12H12BrFN2O2/c1-16-11(17)5-10(12(16)18)15-6-7-2-3-8(14)4-9(7)13/h2-4,10,15H,5-6H2,1H3. The molecule has 1 fully saturated rings. The largest absolute Gasteiger partial charge is 0.301 e. The van der Waals surface area contributed by atoms with Crippen LogP contribution >= 0.6 is 15.9 Å². The van der Waals surface area contributed by atoms with E-state index in [1.165, 1.54) is 19.2 Å². The monoisotopic (exact) mass is 314 g/mol. The van der Waals surface area contributed by atoms with Crippen LogP contribution in [0, 0.1) is 5.82 Å². The van der Waals surface area contributed by atoms with Crippen molar-refractivity contribution in [3.05, 3.63) is 34.1 Å². The maximum Gasteiger partial charge on any atom is 0.246 e. The van der Waals surface area contributed by atoms with Crippen molar-refractivity contribution >= 4 is 27.7 Å². The Labute approximate surface area is 112 Å². The summed E-state index contributed by atoms with van der Waals surface area (Å²) in [5, 5.41) is 3.00. The number of imide groups is 1. The molecule has 0 aromatic heterocycles. The van der Waals surface area contributed by atoms with Gasteiger partial charge in [0.15, 0.2) is 0 Å². The molecular weight excluding hydrogens is 303 g/mol. The summed E-state index contributed by atoms with van der Waals surface area (Å²) in [6.45, 7) is 0.401. The van der Waals surface area contributed by atoms with E-state index in [0.717, 1.165) is 10.5 Å². The van der Waals surface area contributed by atoms with Crippen LogP contribution in [0.3, 0.4) is 0 Å². The zero-order valence-electron chi connectivity index (χ0n) is 9.74. The van der Waals surface area contributed by atoms with Crippen LogP contribution in [0.5, 0.6) is 0 Å². The Morgan fingerprint density at radius 1 is 1.50 bits per heavy atom. The summed E-state index contributed by atoms with van der Waals surface area (Å²) in [6, 6.07) is 3.87. The van der Waals surface area contributed by atoms with Gasteiger partial charge in [0.05, 0.1) is 12.5 Å². The number of nitrogens with one attached hydrogen (secondary N) is 1. The Morgan fingerprint density at radius 2 is 2.22 bits per heavy atom. The van der Waals surface area contributed by atoms with Gasteiger partial charge in [0.2, 0.25) is 11.8 Å². The fourth-order valence-electron chi connectivity index (χ4n) is 1.81. The van der Waals surface area contributed by atoms with Gasteiger partial charge in [-0.2, -0.15) is 0 Å². The summed E-state index contributed by atoms with van der Waals surface area (Å²) in [5.41, 5.74) is 0.839. The van der Waals surface area contributed by atoms with Gasteiger partial charge in [-0.1, -0.05) is 22.0 Å². The van der Waals surface area contributed by atoms with E-state index in [1.54, 1.807) is 6.07 Å². The second-order valence-corrected chi connectivity index (χ2v) is 5.02. The minimum absolute atomic E-state index is 0.175. The molecule has 18 heavy (non-hydrogen) atoms. The van der Waals surface area contributed by atoms with Gasteiger partial charge in [-0.3, -0.25) is 14.5 Å². The van der Waals surface area contributed by atoms with Gasteiger partial charge >= 0.3 is 0 Å². The second kappa shape index (κ2) is 5.16. The van der Waals surface area contributed by atoms with E-state index in [0.29, 0.717) is 11.0 Å². The molecular formula is C12H12BrFN2O2. The zero-order chi connectivity index (χ0) is 13.3. The van der Waals surface area contributed by atoms with Crippen LogP contribution in [0.4, 0.5) is 4.39 Å². The van der Waals surface area contributed by atoms with E-state index < -0.39 is 6.04 Å². The van der Waals surface area contributed by atoms with Crippen molar-refractivity contribution in [2.75, 3.05) is 7.05 Å². The molecule has 1 heterocycles. The Balaban J connectivity index is 2.00. The molecule has 1 atom stereocenters. The number of rotatable bonds is 3. The van der Waals surface area contributed by atoms with Crippen molar-refractivity contribution in [3.63, 3.8) is 0 Å². The van der Waals surface area contributed by atoms with Crippen LogP contribution in [0.25, 0.3) is 0 Å². The fraction of sp³-hybridized carbons (Fsp3) is 0.333. The highest BCUT2D eigenvalue weighted by Crippen LogP contribution is 2.19. The minimum atomic E-state index is -0.487. The molecule has 0 bridgehead atoms. The Bertz CT molecular complexity index is 507. The van der Waals surface area contributed by atoms with Gasteiger partial charge in [-0.15, -0.1) is 0 Å². The molecule has 1 unspecified atom stereocenters. The number of benzene rings is 1. The van der Waals surface area contributed by atoms with Crippen molar-refractivity contribution in [1.29, 1.82) is 0 Å². The van der Waals surface area contributed by atoms with Crippen molar-refractivity contribution in [3.8, 4) is 0 Å². The molecule has 0 saturated carbocycles. The molecule has 0 radical (unpaired) electrons. The Morgan fingerprint density at radius 3 is 2.78 bits per heavy atom. The van der Waals surface area contributed by atoms with Crippen molar-refractivity contribution in [2.45, 2.75) is 19.0 Å². The molecule has 1 saturated heterocycles. The molecule has 1 N–H and O–H groups in total. The highest BCUT2D eigenvalue weighted by atomic mass is 79.9. The number of halogens is 2. The van der Waals surface area contributed by atoms with Crippen LogP contribution in [-0.4, -0.2) is 29.8 Å². The molecule has 4 nitrogen and oxygen atoms in total. The number of hydrogen-bond donors (Lipinski definition) is 1. The molecule has 1 aromatic carbocycles. The van der Waals surface area contributed by atoms with Gasteiger partial charge < -0.3 is 5.32 Å².